The molecule has 4 N–H and O–H groups in total. The van der Waals surface area contributed by atoms with E-state index >= 15 is 0 Å². The first kappa shape index (κ1) is 22.7. The Bertz CT molecular complexity index is 904. The molecule has 0 fully saturated rings. The Labute approximate surface area is 170 Å². The molecular formula is C20H20F3N3O4. The van der Waals surface area contributed by atoms with Crippen molar-refractivity contribution in [2.24, 2.45) is 0 Å². The van der Waals surface area contributed by atoms with Crippen molar-refractivity contribution in [3.05, 3.63) is 65.7 Å². The molecule has 3 amide bonds. The van der Waals surface area contributed by atoms with Gasteiger partial charge in [-0.15, -0.1) is 0 Å². The van der Waals surface area contributed by atoms with E-state index in [9.17, 15) is 32.7 Å². The number of carboxylic acid groups (broad SMARTS) is 1. The van der Waals surface area contributed by atoms with Gasteiger partial charge in [-0.05, 0) is 30.7 Å². The van der Waals surface area contributed by atoms with Gasteiger partial charge >= 0.3 is 18.2 Å². The van der Waals surface area contributed by atoms with Crippen molar-refractivity contribution in [2.45, 2.75) is 31.6 Å². The summed E-state index contributed by atoms with van der Waals surface area (Å²) in [6, 6.07) is 9.43. The van der Waals surface area contributed by atoms with Crippen LogP contribution in [0.2, 0.25) is 0 Å². The van der Waals surface area contributed by atoms with Gasteiger partial charge in [-0.2, -0.15) is 13.2 Å². The molecule has 0 saturated carbocycles. The Morgan fingerprint density at radius 2 is 1.67 bits per heavy atom. The summed E-state index contributed by atoms with van der Waals surface area (Å²) in [5, 5.41) is 16.1. The van der Waals surface area contributed by atoms with E-state index in [1.807, 2.05) is 0 Å². The molecule has 2 aromatic rings. The number of carbonyl (C=O) groups is 3. The molecule has 160 valence electrons. The zero-order chi connectivity index (χ0) is 22.3. The third kappa shape index (κ3) is 6.80. The fraction of sp³-hybridized carbons (Fsp3) is 0.250. The van der Waals surface area contributed by atoms with E-state index in [0.717, 1.165) is 18.2 Å². The lowest BCUT2D eigenvalue weighted by atomic mass is 10.1. The van der Waals surface area contributed by atoms with Crippen molar-refractivity contribution in [3.63, 3.8) is 0 Å². The summed E-state index contributed by atoms with van der Waals surface area (Å²) in [5.41, 5.74) is -0.341. The molecule has 0 aliphatic rings. The maximum atomic E-state index is 12.7. The van der Waals surface area contributed by atoms with Crippen LogP contribution >= 0.6 is 0 Å². The van der Waals surface area contributed by atoms with E-state index in [4.69, 9.17) is 0 Å². The zero-order valence-electron chi connectivity index (χ0n) is 15.9. The smallest absolute Gasteiger partial charge is 0.416 e. The number of urea groups is 1. The summed E-state index contributed by atoms with van der Waals surface area (Å²) < 4.78 is 38.2. The van der Waals surface area contributed by atoms with E-state index in [1.165, 1.54) is 13.0 Å². The maximum Gasteiger partial charge on any atom is 0.416 e. The number of rotatable bonds is 7. The van der Waals surface area contributed by atoms with Crippen LogP contribution in [0.25, 0.3) is 0 Å². The number of carboxylic acids is 1. The topological polar surface area (TPSA) is 108 Å². The second kappa shape index (κ2) is 9.77. The molecule has 0 spiro atoms. The predicted molar refractivity (Wildman–Crippen MR) is 103 cm³/mol. The van der Waals surface area contributed by atoms with E-state index in [2.05, 4.69) is 16.0 Å². The zero-order valence-corrected chi connectivity index (χ0v) is 15.9. The van der Waals surface area contributed by atoms with Gasteiger partial charge in [0.25, 0.3) is 0 Å². The van der Waals surface area contributed by atoms with Crippen LogP contribution < -0.4 is 16.0 Å². The average Bonchev–Trinajstić information content (AvgIpc) is 2.67. The monoisotopic (exact) mass is 423 g/mol. The molecular weight excluding hydrogens is 403 g/mol. The van der Waals surface area contributed by atoms with Crippen molar-refractivity contribution < 1.29 is 32.7 Å². The van der Waals surface area contributed by atoms with Gasteiger partial charge in [-0.1, -0.05) is 36.4 Å². The average molecular weight is 423 g/mol. The molecule has 2 unspecified atom stereocenters. The van der Waals surface area contributed by atoms with Gasteiger partial charge in [0.15, 0.2) is 0 Å². The number of aliphatic carboxylic acids is 1. The van der Waals surface area contributed by atoms with Crippen LogP contribution in [-0.4, -0.2) is 35.1 Å². The summed E-state index contributed by atoms with van der Waals surface area (Å²) in [7, 11) is 0. The Balaban J connectivity index is 1.94. The fourth-order valence-electron chi connectivity index (χ4n) is 2.55. The number of carbonyl (C=O) groups excluding carboxylic acids is 2. The molecule has 0 aliphatic heterocycles. The number of amides is 3. The minimum atomic E-state index is -4.56. The van der Waals surface area contributed by atoms with Gasteiger partial charge in [0.05, 0.1) is 5.56 Å². The highest BCUT2D eigenvalue weighted by molar-refractivity contribution is 5.94. The third-order valence-corrected chi connectivity index (χ3v) is 4.09. The summed E-state index contributed by atoms with van der Waals surface area (Å²) >= 11 is 0. The SMILES string of the molecule is CC(NC(=O)Nc1cccc(C(F)(F)F)c1)C(=O)NC(Cc1ccccc1)C(=O)O. The van der Waals surface area contributed by atoms with Crippen LogP contribution in [0.4, 0.5) is 23.7 Å². The Kier molecular flexibility index (Phi) is 7.40. The lowest BCUT2D eigenvalue weighted by molar-refractivity contribution is -0.142. The number of alkyl halides is 3. The highest BCUT2D eigenvalue weighted by atomic mass is 19.4. The lowest BCUT2D eigenvalue weighted by Crippen LogP contribution is -2.51. The van der Waals surface area contributed by atoms with Gasteiger partial charge in [0.1, 0.15) is 12.1 Å². The first-order chi connectivity index (χ1) is 14.1. The number of benzene rings is 2. The van der Waals surface area contributed by atoms with Crippen molar-refractivity contribution in [3.8, 4) is 0 Å². The number of nitrogens with one attached hydrogen (secondary N) is 3. The van der Waals surface area contributed by atoms with Gasteiger partial charge in [0.2, 0.25) is 5.91 Å². The van der Waals surface area contributed by atoms with E-state index in [-0.39, 0.29) is 12.1 Å². The number of halogens is 3. The van der Waals surface area contributed by atoms with E-state index in [1.54, 1.807) is 30.3 Å². The molecule has 0 aliphatic carbocycles. The van der Waals surface area contributed by atoms with Gasteiger partial charge in [-0.3, -0.25) is 4.79 Å². The first-order valence-corrected chi connectivity index (χ1v) is 8.88. The number of hydrogen-bond acceptors (Lipinski definition) is 3. The molecule has 0 aromatic heterocycles. The molecule has 0 bridgehead atoms. The quantitative estimate of drug-likeness (QED) is 0.549. The summed E-state index contributed by atoms with van der Waals surface area (Å²) in [5.74, 6) is -2.00. The van der Waals surface area contributed by atoms with E-state index < -0.39 is 41.7 Å². The molecule has 2 atom stereocenters. The molecule has 30 heavy (non-hydrogen) atoms. The molecule has 7 nitrogen and oxygen atoms in total. The highest BCUT2D eigenvalue weighted by Crippen LogP contribution is 2.30. The minimum absolute atomic E-state index is 0.0467. The number of hydrogen-bond donors (Lipinski definition) is 4. The van der Waals surface area contributed by atoms with Crippen molar-refractivity contribution >= 4 is 23.6 Å². The normalized spacial score (nSPS) is 13.1. The second-order valence-corrected chi connectivity index (χ2v) is 6.49. The van der Waals surface area contributed by atoms with Gasteiger partial charge in [0, 0.05) is 12.1 Å². The van der Waals surface area contributed by atoms with Gasteiger partial charge < -0.3 is 21.1 Å². The Morgan fingerprint density at radius 1 is 1.00 bits per heavy atom. The lowest BCUT2D eigenvalue weighted by Gasteiger charge is -2.19. The molecule has 0 saturated heterocycles. The van der Waals surface area contributed by atoms with Gasteiger partial charge in [-0.25, -0.2) is 9.59 Å². The highest BCUT2D eigenvalue weighted by Gasteiger charge is 2.30. The van der Waals surface area contributed by atoms with E-state index in [0.29, 0.717) is 5.56 Å². The summed E-state index contributed by atoms with van der Waals surface area (Å²) in [6.45, 7) is 1.32. The van der Waals surface area contributed by atoms with Crippen LogP contribution in [0, 0.1) is 0 Å². The molecule has 10 heteroatoms. The maximum absolute atomic E-state index is 12.7. The van der Waals surface area contributed by atoms with Crippen molar-refractivity contribution in [1.29, 1.82) is 0 Å². The van der Waals surface area contributed by atoms with Crippen LogP contribution in [0.1, 0.15) is 18.1 Å². The van der Waals surface area contributed by atoms with Crippen molar-refractivity contribution in [2.75, 3.05) is 5.32 Å². The molecule has 2 aromatic carbocycles. The fourth-order valence-corrected chi connectivity index (χ4v) is 2.55. The molecule has 0 radical (unpaired) electrons. The van der Waals surface area contributed by atoms with Crippen LogP contribution in [-0.2, 0) is 22.2 Å². The Morgan fingerprint density at radius 3 is 2.27 bits per heavy atom. The van der Waals surface area contributed by atoms with Crippen LogP contribution in [0.3, 0.4) is 0 Å². The molecule has 2 rings (SSSR count). The predicted octanol–water partition coefficient (Wildman–Crippen LogP) is 3.03. The first-order valence-electron chi connectivity index (χ1n) is 8.88. The standard InChI is InChI=1S/C20H20F3N3O4/c1-12(17(27)26-16(18(28)29)10-13-6-3-2-4-7-13)24-19(30)25-15-9-5-8-14(11-15)20(21,22)23/h2-9,11-12,16H,10H2,1H3,(H,26,27)(H,28,29)(H2,24,25,30). The summed E-state index contributed by atoms with van der Waals surface area (Å²) in [4.78, 5) is 35.7. The number of anilines is 1. The van der Waals surface area contributed by atoms with Crippen LogP contribution in [0.5, 0.6) is 0 Å². The second-order valence-electron chi connectivity index (χ2n) is 6.49. The summed E-state index contributed by atoms with van der Waals surface area (Å²) in [6.07, 6.45) is -4.52. The molecule has 0 heterocycles. The van der Waals surface area contributed by atoms with Crippen LogP contribution in [0.15, 0.2) is 54.6 Å². The largest absolute Gasteiger partial charge is 0.480 e. The Hall–Kier alpha value is -3.56. The van der Waals surface area contributed by atoms with Crippen molar-refractivity contribution in [1.82, 2.24) is 10.6 Å². The third-order valence-electron chi connectivity index (χ3n) is 4.09. The minimum Gasteiger partial charge on any atom is -0.480 e.